The van der Waals surface area contributed by atoms with Crippen LogP contribution in [-0.4, -0.2) is 0 Å². The van der Waals surface area contributed by atoms with Gasteiger partial charge in [-0.05, 0) is 24.8 Å². The van der Waals surface area contributed by atoms with E-state index in [0.29, 0.717) is 0 Å². The second-order valence-corrected chi connectivity index (χ2v) is 4.58. The van der Waals surface area contributed by atoms with Crippen molar-refractivity contribution in [1.29, 1.82) is 0 Å². The number of rotatable bonds is 4. The number of hydrogen-bond donors (Lipinski definition) is 0. The lowest BCUT2D eigenvalue weighted by molar-refractivity contribution is 0.490. The zero-order valence-electron chi connectivity index (χ0n) is 11.7. The fraction of sp³-hybridized carbons (Fsp3) is 0.684. The van der Waals surface area contributed by atoms with Gasteiger partial charge < -0.3 is 0 Å². The van der Waals surface area contributed by atoms with Crippen LogP contribution in [0.1, 0.15) is 80.4 Å². The lowest BCUT2D eigenvalue weighted by Crippen LogP contribution is -2.01. The Balaban J connectivity index is -0.000000172. The number of hydrogen-bond acceptors (Lipinski definition) is 0. The fourth-order valence-corrected chi connectivity index (χ4v) is 1.63. The fourth-order valence-electron chi connectivity index (χ4n) is 1.63. The average molecular weight is 269 g/mol. The summed E-state index contributed by atoms with van der Waals surface area (Å²) in [6.07, 6.45) is 5.09. The summed E-state index contributed by atoms with van der Waals surface area (Å²) in [5.74, 6) is 0.864. The zero-order valence-corrected chi connectivity index (χ0v) is 11.7. The van der Waals surface area contributed by atoms with Crippen molar-refractivity contribution >= 4 is 0 Å². The van der Waals surface area contributed by atoms with E-state index in [1.807, 2.05) is 0 Å². The van der Waals surface area contributed by atoms with Crippen molar-refractivity contribution in [1.82, 2.24) is 0 Å². The molecule has 0 heterocycles. The van der Waals surface area contributed by atoms with Crippen LogP contribution in [0.5, 0.6) is 0 Å². The quantitative estimate of drug-likeness (QED) is 0.537. The van der Waals surface area contributed by atoms with Gasteiger partial charge in [-0.3, -0.25) is 0 Å². The third kappa shape index (κ3) is 13.5. The summed E-state index contributed by atoms with van der Waals surface area (Å²) in [7, 11) is 0. The smallest absolute Gasteiger partial charge is 0.0251 e. The van der Waals surface area contributed by atoms with Crippen LogP contribution < -0.4 is 0 Å². The van der Waals surface area contributed by atoms with Gasteiger partial charge in [0.1, 0.15) is 0 Å². The maximum absolute atomic E-state index is 2.28. The monoisotopic (exact) mass is 268 g/mol. The highest BCUT2D eigenvalue weighted by Crippen LogP contribution is 2.15. The summed E-state index contributed by atoms with van der Waals surface area (Å²) in [5, 5.41) is 0. The molecule has 0 bridgehead atoms. The molecule has 0 aromatic heterocycles. The molecule has 0 atom stereocenters. The molecule has 19 heavy (non-hydrogen) atoms. The first-order valence-corrected chi connectivity index (χ1v) is 6.73. The molecule has 116 valence electrons. The second kappa shape index (κ2) is 17.2. The van der Waals surface area contributed by atoms with Crippen LogP contribution in [0.2, 0.25) is 0 Å². The van der Waals surface area contributed by atoms with Gasteiger partial charge in [-0.1, -0.05) is 99.1 Å². The molecule has 1 aromatic rings. The summed E-state index contributed by atoms with van der Waals surface area (Å²) in [5.41, 5.74) is 2.84. The molecule has 0 amide bonds. The average Bonchev–Trinajstić information content (AvgIpc) is 2.29. The Hall–Kier alpha value is -0.780. The van der Waals surface area contributed by atoms with Crippen molar-refractivity contribution in [2.75, 3.05) is 0 Å². The Bertz CT molecular complexity index is 241. The van der Waals surface area contributed by atoms with E-state index in [2.05, 4.69) is 58.9 Å². The third-order valence-corrected chi connectivity index (χ3v) is 2.80. The number of benzene rings is 1. The minimum atomic E-state index is 0. The Morgan fingerprint density at radius 1 is 0.789 bits per heavy atom. The highest BCUT2D eigenvalue weighted by Gasteiger charge is 2.03. The molecule has 0 aliphatic rings. The van der Waals surface area contributed by atoms with E-state index in [0.717, 1.165) is 5.92 Å². The molecule has 0 fully saturated rings. The molecule has 0 aliphatic carbocycles. The van der Waals surface area contributed by atoms with Crippen molar-refractivity contribution in [2.45, 2.75) is 82.6 Å². The Labute approximate surface area is 124 Å². The molecule has 0 aliphatic heterocycles. The van der Waals surface area contributed by atoms with E-state index in [1.165, 1.54) is 36.8 Å². The summed E-state index contributed by atoms with van der Waals surface area (Å²) < 4.78 is 0. The highest BCUT2D eigenvalue weighted by atomic mass is 14.1. The normalized spacial score (nSPS) is 8.32. The van der Waals surface area contributed by atoms with Crippen molar-refractivity contribution in [3.8, 4) is 0 Å². The summed E-state index contributed by atoms with van der Waals surface area (Å²) in [6.45, 7) is 11.0. The van der Waals surface area contributed by atoms with Gasteiger partial charge in [0.05, 0.1) is 0 Å². The maximum atomic E-state index is 2.28. The molecular weight excluding hydrogens is 228 g/mol. The van der Waals surface area contributed by atoms with Gasteiger partial charge >= 0.3 is 0 Å². The van der Waals surface area contributed by atoms with Crippen LogP contribution in [0.15, 0.2) is 24.3 Å². The molecule has 1 aromatic carbocycles. The van der Waals surface area contributed by atoms with Crippen LogP contribution in [0, 0.1) is 12.8 Å². The second-order valence-electron chi connectivity index (χ2n) is 4.58. The molecule has 0 nitrogen and oxygen atoms in total. The summed E-state index contributed by atoms with van der Waals surface area (Å²) in [4.78, 5) is 0. The first kappa shape index (κ1) is 26.7. The molecule has 1 rings (SSSR count). The standard InChI is InChI=1S/C13H20.C3H8.3CH4/c1-4-12(5-2)10-13-8-6-11(3)7-9-13;1-3-2;;;/h6-9,12H,4-5,10H2,1-3H3;3H2,1-2H3;3*1H4. The molecule has 0 unspecified atom stereocenters. The van der Waals surface area contributed by atoms with E-state index < -0.39 is 0 Å². The van der Waals surface area contributed by atoms with Crippen LogP contribution in [0.25, 0.3) is 0 Å². The van der Waals surface area contributed by atoms with E-state index in [-0.39, 0.29) is 22.3 Å². The first-order chi connectivity index (χ1) is 7.67. The van der Waals surface area contributed by atoms with Gasteiger partial charge in [-0.25, -0.2) is 0 Å². The Morgan fingerprint density at radius 2 is 1.16 bits per heavy atom. The largest absolute Gasteiger partial charge is 0.0776 e. The predicted molar refractivity (Wildman–Crippen MR) is 95.1 cm³/mol. The van der Waals surface area contributed by atoms with E-state index >= 15 is 0 Å². The van der Waals surface area contributed by atoms with Gasteiger partial charge in [0, 0.05) is 0 Å². The topological polar surface area (TPSA) is 0 Å². The molecule has 0 spiro atoms. The van der Waals surface area contributed by atoms with Gasteiger partial charge in [0.15, 0.2) is 0 Å². The van der Waals surface area contributed by atoms with E-state index in [1.54, 1.807) is 0 Å². The van der Waals surface area contributed by atoms with Crippen molar-refractivity contribution < 1.29 is 0 Å². The lowest BCUT2D eigenvalue weighted by Gasteiger charge is -2.11. The predicted octanol–water partition coefficient (Wildman–Crippen LogP) is 7.30. The SMILES string of the molecule is C.C.C.CCC.CCC(CC)Cc1ccc(C)cc1. The van der Waals surface area contributed by atoms with Crippen molar-refractivity contribution in [3.63, 3.8) is 0 Å². The van der Waals surface area contributed by atoms with Crippen LogP contribution in [0.3, 0.4) is 0 Å². The minimum absolute atomic E-state index is 0. The third-order valence-electron chi connectivity index (χ3n) is 2.80. The van der Waals surface area contributed by atoms with Gasteiger partial charge in [0.25, 0.3) is 0 Å². The first-order valence-electron chi connectivity index (χ1n) is 6.73. The molecule has 0 saturated heterocycles. The van der Waals surface area contributed by atoms with E-state index in [4.69, 9.17) is 0 Å². The summed E-state index contributed by atoms with van der Waals surface area (Å²) >= 11 is 0. The lowest BCUT2D eigenvalue weighted by atomic mass is 9.94. The number of aryl methyl sites for hydroxylation is 1. The van der Waals surface area contributed by atoms with Crippen LogP contribution in [-0.2, 0) is 6.42 Å². The minimum Gasteiger partial charge on any atom is -0.0776 e. The van der Waals surface area contributed by atoms with Gasteiger partial charge in [-0.15, -0.1) is 0 Å². The van der Waals surface area contributed by atoms with Crippen LogP contribution in [0.4, 0.5) is 0 Å². The molecular formula is C19H40. The highest BCUT2D eigenvalue weighted by molar-refractivity contribution is 5.21. The van der Waals surface area contributed by atoms with Gasteiger partial charge in [-0.2, -0.15) is 0 Å². The van der Waals surface area contributed by atoms with Crippen molar-refractivity contribution in [2.24, 2.45) is 5.92 Å². The zero-order chi connectivity index (χ0) is 12.4. The Morgan fingerprint density at radius 3 is 1.47 bits per heavy atom. The molecule has 0 saturated carbocycles. The van der Waals surface area contributed by atoms with E-state index in [9.17, 15) is 0 Å². The van der Waals surface area contributed by atoms with Crippen molar-refractivity contribution in [3.05, 3.63) is 35.4 Å². The molecule has 0 N–H and O–H groups in total. The molecule has 0 radical (unpaired) electrons. The van der Waals surface area contributed by atoms with Gasteiger partial charge in [0.2, 0.25) is 0 Å². The maximum Gasteiger partial charge on any atom is -0.0251 e. The van der Waals surface area contributed by atoms with Crippen LogP contribution >= 0.6 is 0 Å². The Kier molecular flexibility index (Phi) is 24.2. The molecule has 0 heteroatoms. The summed E-state index contributed by atoms with van der Waals surface area (Å²) in [6, 6.07) is 8.93.